The molecule has 0 N–H and O–H groups in total. The largest absolute Gasteiger partial charge is 0.463 e. The lowest BCUT2D eigenvalue weighted by molar-refractivity contribution is -0.137. The van der Waals surface area contributed by atoms with Gasteiger partial charge in [-0.15, -0.1) is 0 Å². The van der Waals surface area contributed by atoms with Gasteiger partial charge in [-0.1, -0.05) is 36.4 Å². The van der Waals surface area contributed by atoms with Crippen LogP contribution in [0.4, 0.5) is 13.2 Å². The fourth-order valence-corrected chi connectivity index (χ4v) is 2.37. The highest BCUT2D eigenvalue weighted by Crippen LogP contribution is 2.29. The molecule has 3 rings (SSSR count). The summed E-state index contributed by atoms with van der Waals surface area (Å²) in [5.41, 5.74) is 0.798. The number of hydrogen-bond acceptors (Lipinski definition) is 3. The summed E-state index contributed by atoms with van der Waals surface area (Å²) in [7, 11) is 0. The zero-order valence-electron chi connectivity index (χ0n) is 12.8. The Hall–Kier alpha value is -2.63. The fraction of sp³-hybridized carbons (Fsp3) is 0.222. The zero-order valence-corrected chi connectivity index (χ0v) is 12.8. The lowest BCUT2D eigenvalue weighted by atomic mass is 10.1. The number of alkyl halides is 3. The second kappa shape index (κ2) is 6.86. The molecule has 1 aromatic heterocycles. The molecule has 124 valence electrons. The first-order valence-electron chi connectivity index (χ1n) is 7.53. The fourth-order valence-electron chi connectivity index (χ4n) is 2.37. The first-order chi connectivity index (χ1) is 11.5. The molecule has 0 saturated carbocycles. The van der Waals surface area contributed by atoms with Gasteiger partial charge in [0, 0.05) is 11.6 Å². The van der Waals surface area contributed by atoms with Crippen molar-refractivity contribution in [2.24, 2.45) is 0 Å². The maximum atomic E-state index is 12.7. The Morgan fingerprint density at radius 2 is 1.83 bits per heavy atom. The average molecular weight is 332 g/mol. The Morgan fingerprint density at radius 1 is 1.00 bits per heavy atom. The third kappa shape index (κ3) is 4.01. The smallest absolute Gasteiger partial charge is 0.416 e. The number of benzene rings is 2. The summed E-state index contributed by atoms with van der Waals surface area (Å²) in [6.07, 6.45) is -1.55. The van der Waals surface area contributed by atoms with E-state index in [0.29, 0.717) is 25.0 Å². The molecule has 0 bridgehead atoms. The van der Waals surface area contributed by atoms with Gasteiger partial charge < -0.3 is 4.74 Å². The Kier molecular flexibility index (Phi) is 4.64. The van der Waals surface area contributed by atoms with Gasteiger partial charge in [0.2, 0.25) is 0 Å². The van der Waals surface area contributed by atoms with Crippen molar-refractivity contribution in [1.82, 2.24) is 9.97 Å². The van der Waals surface area contributed by atoms with Crippen molar-refractivity contribution in [3.63, 3.8) is 0 Å². The van der Waals surface area contributed by atoms with Crippen LogP contribution >= 0.6 is 0 Å². The number of halogens is 3. The van der Waals surface area contributed by atoms with E-state index < -0.39 is 11.7 Å². The minimum Gasteiger partial charge on any atom is -0.463 e. The van der Waals surface area contributed by atoms with E-state index in [2.05, 4.69) is 9.97 Å². The van der Waals surface area contributed by atoms with Crippen LogP contribution in [0.5, 0.6) is 6.01 Å². The quantitative estimate of drug-likeness (QED) is 0.637. The number of rotatable bonds is 5. The molecule has 0 aliphatic carbocycles. The topological polar surface area (TPSA) is 35.0 Å². The molecule has 0 amide bonds. The van der Waals surface area contributed by atoms with Crippen LogP contribution in [0.2, 0.25) is 0 Å². The van der Waals surface area contributed by atoms with Crippen LogP contribution in [-0.2, 0) is 12.6 Å². The van der Waals surface area contributed by atoms with Crippen molar-refractivity contribution in [1.29, 1.82) is 0 Å². The number of fused-ring (bicyclic) bond motifs is 1. The predicted molar refractivity (Wildman–Crippen MR) is 84.8 cm³/mol. The van der Waals surface area contributed by atoms with Crippen LogP contribution in [0.3, 0.4) is 0 Å². The van der Waals surface area contributed by atoms with E-state index in [1.54, 1.807) is 12.3 Å². The molecule has 1 heterocycles. The molecule has 0 spiro atoms. The van der Waals surface area contributed by atoms with Crippen LogP contribution < -0.4 is 4.74 Å². The molecular formula is C18H15F3N2O. The molecular weight excluding hydrogens is 317 g/mol. The van der Waals surface area contributed by atoms with Crippen molar-refractivity contribution >= 4 is 10.9 Å². The second-order valence-corrected chi connectivity index (χ2v) is 5.36. The molecule has 0 radical (unpaired) electrons. The number of aryl methyl sites for hydroxylation is 1. The normalized spacial score (nSPS) is 11.6. The summed E-state index contributed by atoms with van der Waals surface area (Å²) in [6, 6.07) is 13.2. The highest BCUT2D eigenvalue weighted by Gasteiger charge is 2.30. The van der Waals surface area contributed by atoms with E-state index in [9.17, 15) is 13.2 Å². The van der Waals surface area contributed by atoms with Gasteiger partial charge >= 0.3 is 12.2 Å². The van der Waals surface area contributed by atoms with Gasteiger partial charge in [-0.05, 0) is 30.5 Å². The zero-order chi connectivity index (χ0) is 17.0. The maximum absolute atomic E-state index is 12.7. The van der Waals surface area contributed by atoms with Gasteiger partial charge in [0.1, 0.15) is 0 Å². The predicted octanol–water partition coefficient (Wildman–Crippen LogP) is 4.66. The van der Waals surface area contributed by atoms with E-state index in [4.69, 9.17) is 4.74 Å². The summed E-state index contributed by atoms with van der Waals surface area (Å²) in [4.78, 5) is 8.40. The van der Waals surface area contributed by atoms with Crippen molar-refractivity contribution in [2.45, 2.75) is 19.0 Å². The van der Waals surface area contributed by atoms with Crippen LogP contribution in [0, 0.1) is 0 Å². The highest BCUT2D eigenvalue weighted by atomic mass is 19.4. The van der Waals surface area contributed by atoms with E-state index in [1.807, 2.05) is 24.3 Å². The van der Waals surface area contributed by atoms with E-state index in [-0.39, 0.29) is 6.01 Å². The Bertz CT molecular complexity index is 834. The van der Waals surface area contributed by atoms with Crippen molar-refractivity contribution < 1.29 is 17.9 Å². The lowest BCUT2D eigenvalue weighted by Crippen LogP contribution is -2.06. The molecule has 0 fully saturated rings. The molecule has 3 nitrogen and oxygen atoms in total. The van der Waals surface area contributed by atoms with E-state index in [1.165, 1.54) is 12.1 Å². The molecule has 0 unspecified atom stereocenters. The standard InChI is InChI=1S/C18H15F3N2O/c19-18(20,21)15-8-3-5-13(11-15)6-4-10-24-17-22-12-14-7-1-2-9-16(14)23-17/h1-3,5,7-9,11-12H,4,6,10H2. The molecule has 0 aliphatic heterocycles. The molecule has 3 aromatic rings. The van der Waals surface area contributed by atoms with Crippen LogP contribution in [0.25, 0.3) is 10.9 Å². The number of nitrogens with zero attached hydrogens (tertiary/aromatic N) is 2. The number of ether oxygens (including phenoxy) is 1. The third-order valence-corrected chi connectivity index (χ3v) is 3.56. The van der Waals surface area contributed by atoms with Gasteiger partial charge in [0.05, 0.1) is 17.7 Å². The van der Waals surface area contributed by atoms with Crippen molar-refractivity contribution in [3.8, 4) is 6.01 Å². The Labute approximate surface area is 137 Å². The van der Waals surface area contributed by atoms with Crippen molar-refractivity contribution in [3.05, 3.63) is 65.9 Å². The number of aromatic nitrogens is 2. The van der Waals surface area contributed by atoms with E-state index >= 15 is 0 Å². The van der Waals surface area contributed by atoms with Gasteiger partial charge in [-0.3, -0.25) is 0 Å². The summed E-state index contributed by atoms with van der Waals surface area (Å²) in [5, 5.41) is 0.925. The Morgan fingerprint density at radius 3 is 2.67 bits per heavy atom. The average Bonchev–Trinajstić information content (AvgIpc) is 2.58. The van der Waals surface area contributed by atoms with Gasteiger partial charge in [-0.25, -0.2) is 4.98 Å². The molecule has 24 heavy (non-hydrogen) atoms. The first-order valence-corrected chi connectivity index (χ1v) is 7.53. The lowest BCUT2D eigenvalue weighted by Gasteiger charge is -2.09. The van der Waals surface area contributed by atoms with Crippen LogP contribution in [0.15, 0.2) is 54.7 Å². The monoisotopic (exact) mass is 332 g/mol. The summed E-state index contributed by atoms with van der Waals surface area (Å²) >= 11 is 0. The van der Waals surface area contributed by atoms with E-state index in [0.717, 1.165) is 17.0 Å². The SMILES string of the molecule is FC(F)(F)c1cccc(CCCOc2ncc3ccccc3n2)c1. The number of para-hydroxylation sites is 1. The molecule has 2 aromatic carbocycles. The first kappa shape index (κ1) is 16.2. The molecule has 0 atom stereocenters. The highest BCUT2D eigenvalue weighted by molar-refractivity contribution is 5.77. The summed E-state index contributed by atoms with van der Waals surface area (Å²) in [6.45, 7) is 0.342. The maximum Gasteiger partial charge on any atom is 0.416 e. The molecule has 6 heteroatoms. The number of hydrogen-bond donors (Lipinski definition) is 0. The van der Waals surface area contributed by atoms with Crippen molar-refractivity contribution in [2.75, 3.05) is 6.61 Å². The summed E-state index contributed by atoms with van der Waals surface area (Å²) < 4.78 is 43.5. The molecule has 0 aliphatic rings. The summed E-state index contributed by atoms with van der Waals surface area (Å²) in [5.74, 6) is 0. The van der Waals surface area contributed by atoms with Gasteiger partial charge in [0.15, 0.2) is 0 Å². The van der Waals surface area contributed by atoms with Gasteiger partial charge in [0.25, 0.3) is 0 Å². The minimum absolute atomic E-state index is 0.276. The molecule has 0 saturated heterocycles. The van der Waals surface area contributed by atoms with Crippen LogP contribution in [-0.4, -0.2) is 16.6 Å². The van der Waals surface area contributed by atoms with Crippen LogP contribution in [0.1, 0.15) is 17.5 Å². The Balaban J connectivity index is 1.55. The third-order valence-electron chi connectivity index (χ3n) is 3.56. The van der Waals surface area contributed by atoms with Gasteiger partial charge in [-0.2, -0.15) is 18.2 Å². The second-order valence-electron chi connectivity index (χ2n) is 5.36. The minimum atomic E-state index is -4.31.